The monoisotopic (exact) mass is 537 g/mol. The van der Waals surface area contributed by atoms with Crippen molar-refractivity contribution in [2.45, 2.75) is 58.6 Å². The van der Waals surface area contributed by atoms with E-state index in [4.69, 9.17) is 5.73 Å². The number of imidazole rings is 1. The molecular formula is C27H29F6N5. The second-order valence-corrected chi connectivity index (χ2v) is 8.78. The van der Waals surface area contributed by atoms with Gasteiger partial charge >= 0.3 is 12.4 Å². The number of alkyl halides is 6. The molecule has 0 fully saturated rings. The van der Waals surface area contributed by atoms with Crippen molar-refractivity contribution in [3.8, 4) is 11.4 Å². The number of fused-ring (bicyclic) bond motifs is 1. The number of aryl methyl sites for hydroxylation is 1. The van der Waals surface area contributed by atoms with Crippen molar-refractivity contribution in [2.24, 2.45) is 0 Å². The van der Waals surface area contributed by atoms with Gasteiger partial charge in [-0.2, -0.15) is 26.3 Å². The van der Waals surface area contributed by atoms with Crippen molar-refractivity contribution in [1.82, 2.24) is 14.5 Å². The molecule has 4 aromatic rings. The van der Waals surface area contributed by atoms with E-state index in [0.29, 0.717) is 29.1 Å². The van der Waals surface area contributed by atoms with Gasteiger partial charge in [0, 0.05) is 30.5 Å². The van der Waals surface area contributed by atoms with Crippen LogP contribution >= 0.6 is 0 Å². The number of rotatable bonds is 6. The Balaban J connectivity index is 0.000000223. The van der Waals surface area contributed by atoms with Crippen LogP contribution in [0.15, 0.2) is 60.9 Å². The highest BCUT2D eigenvalue weighted by Gasteiger charge is 2.32. The molecule has 0 saturated carbocycles. The smallest absolute Gasteiger partial charge is 0.397 e. The summed E-state index contributed by atoms with van der Waals surface area (Å²) in [5.41, 5.74) is 6.75. The molecule has 4 rings (SSSR count). The number of nitrogens with two attached hydrogens (primary N) is 1. The van der Waals surface area contributed by atoms with Gasteiger partial charge in [0.2, 0.25) is 0 Å². The molecule has 38 heavy (non-hydrogen) atoms. The Labute approximate surface area is 216 Å². The van der Waals surface area contributed by atoms with Gasteiger partial charge in [-0.05, 0) is 68.3 Å². The Morgan fingerprint density at radius 3 is 2.05 bits per heavy atom. The molecule has 0 aliphatic carbocycles. The van der Waals surface area contributed by atoms with Gasteiger partial charge in [-0.25, -0.2) is 4.98 Å². The first-order valence-corrected chi connectivity index (χ1v) is 12.1. The van der Waals surface area contributed by atoms with Crippen molar-refractivity contribution >= 4 is 22.4 Å². The fraction of sp³-hybridized carbons (Fsp3) is 0.333. The molecule has 0 aliphatic rings. The highest BCUT2D eigenvalue weighted by molar-refractivity contribution is 5.81. The number of nitrogens with one attached hydrogen (secondary N) is 1. The Bertz CT molecular complexity index is 1350. The van der Waals surface area contributed by atoms with Gasteiger partial charge < -0.3 is 15.6 Å². The molecule has 1 unspecified atom stereocenters. The highest BCUT2D eigenvalue weighted by Crippen LogP contribution is 2.34. The summed E-state index contributed by atoms with van der Waals surface area (Å²) < 4.78 is 77.7. The Hall–Kier alpha value is -3.76. The van der Waals surface area contributed by atoms with Gasteiger partial charge in [-0.1, -0.05) is 13.8 Å². The van der Waals surface area contributed by atoms with Crippen LogP contribution in [0.4, 0.5) is 37.7 Å². The first-order chi connectivity index (χ1) is 17.8. The topological polar surface area (TPSA) is 68.8 Å². The number of aromatic nitrogens is 3. The highest BCUT2D eigenvalue weighted by atomic mass is 19.4. The number of benzene rings is 2. The quantitative estimate of drug-likeness (QED) is 0.193. The SMILES string of the molecule is CCC(C)Nc1ccc(C(F)(F)F)cc1N.CCCn1c(-c2ccncc2)nc2ccc(C(F)(F)F)cc21. The van der Waals surface area contributed by atoms with Crippen LogP contribution in [-0.4, -0.2) is 20.6 Å². The molecule has 0 saturated heterocycles. The van der Waals surface area contributed by atoms with E-state index in [-0.39, 0.29) is 11.7 Å². The number of pyridine rings is 1. The summed E-state index contributed by atoms with van der Waals surface area (Å²) in [4.78, 5) is 8.45. The molecule has 0 radical (unpaired) electrons. The van der Waals surface area contributed by atoms with Crippen LogP contribution < -0.4 is 11.1 Å². The molecule has 5 nitrogen and oxygen atoms in total. The molecule has 0 bridgehead atoms. The van der Waals surface area contributed by atoms with Crippen molar-refractivity contribution < 1.29 is 26.3 Å². The maximum Gasteiger partial charge on any atom is 0.416 e. The van der Waals surface area contributed by atoms with Crippen LogP contribution in [0, 0.1) is 0 Å². The van der Waals surface area contributed by atoms with Crippen LogP contribution in [0.1, 0.15) is 44.7 Å². The van der Waals surface area contributed by atoms with Crippen LogP contribution in [0.25, 0.3) is 22.4 Å². The lowest BCUT2D eigenvalue weighted by molar-refractivity contribution is -0.138. The van der Waals surface area contributed by atoms with Gasteiger partial charge in [-0.15, -0.1) is 0 Å². The predicted molar refractivity (Wildman–Crippen MR) is 137 cm³/mol. The lowest BCUT2D eigenvalue weighted by atomic mass is 10.1. The van der Waals surface area contributed by atoms with Crippen LogP contribution in [0.3, 0.4) is 0 Å². The third-order valence-electron chi connectivity index (χ3n) is 5.85. The number of hydrogen-bond donors (Lipinski definition) is 2. The molecule has 0 amide bonds. The standard InChI is InChI=1S/C16H14F3N3.C11H15F3N2/c1-2-9-22-14-10-12(16(17,18)19)3-4-13(14)21-15(22)11-5-7-20-8-6-11;1-3-7(2)16-10-5-4-8(6-9(10)15)11(12,13)14/h3-8,10H,2,9H2,1H3;4-7,16H,3,15H2,1-2H3. The Kier molecular flexibility index (Phi) is 8.90. The summed E-state index contributed by atoms with van der Waals surface area (Å²) in [7, 11) is 0. The zero-order valence-electron chi connectivity index (χ0n) is 21.2. The minimum atomic E-state index is -4.35. The number of halogens is 6. The minimum Gasteiger partial charge on any atom is -0.397 e. The number of nitrogen functional groups attached to an aromatic ring is 1. The number of nitrogens with zero attached hydrogens (tertiary/aromatic N) is 3. The third kappa shape index (κ3) is 6.96. The zero-order valence-corrected chi connectivity index (χ0v) is 21.2. The van der Waals surface area contributed by atoms with E-state index in [9.17, 15) is 26.3 Å². The van der Waals surface area contributed by atoms with E-state index in [0.717, 1.165) is 36.6 Å². The summed E-state index contributed by atoms with van der Waals surface area (Å²) in [6.45, 7) is 6.51. The second kappa shape index (κ2) is 11.7. The Morgan fingerprint density at radius 1 is 0.895 bits per heavy atom. The lowest BCUT2D eigenvalue weighted by Gasteiger charge is -2.16. The maximum absolute atomic E-state index is 12.9. The minimum absolute atomic E-state index is 0.120. The molecule has 1 atom stereocenters. The molecule has 0 spiro atoms. The Morgan fingerprint density at radius 2 is 1.50 bits per heavy atom. The third-order valence-corrected chi connectivity index (χ3v) is 5.85. The van der Waals surface area contributed by atoms with Crippen molar-refractivity contribution in [3.05, 3.63) is 72.1 Å². The molecule has 3 N–H and O–H groups in total. The van der Waals surface area contributed by atoms with E-state index in [1.54, 1.807) is 24.5 Å². The van der Waals surface area contributed by atoms with Crippen molar-refractivity contribution in [1.29, 1.82) is 0 Å². The molecule has 2 aromatic heterocycles. The average molecular weight is 538 g/mol. The first-order valence-electron chi connectivity index (χ1n) is 12.1. The summed E-state index contributed by atoms with van der Waals surface area (Å²) in [5, 5.41) is 3.05. The number of hydrogen-bond acceptors (Lipinski definition) is 4. The normalized spacial score (nSPS) is 12.7. The summed E-state index contributed by atoms with van der Waals surface area (Å²) in [5.74, 6) is 0.665. The van der Waals surface area contributed by atoms with Crippen molar-refractivity contribution in [2.75, 3.05) is 11.1 Å². The van der Waals surface area contributed by atoms with Gasteiger partial charge in [0.25, 0.3) is 0 Å². The molecule has 0 aliphatic heterocycles. The maximum atomic E-state index is 12.9. The van der Waals surface area contributed by atoms with E-state index in [2.05, 4.69) is 15.3 Å². The fourth-order valence-electron chi connectivity index (χ4n) is 3.71. The summed E-state index contributed by atoms with van der Waals surface area (Å²) in [6.07, 6.45) is -3.73. The largest absolute Gasteiger partial charge is 0.416 e. The average Bonchev–Trinajstić information content (AvgIpc) is 3.23. The molecule has 11 heteroatoms. The predicted octanol–water partition coefficient (Wildman–Crippen LogP) is 8.03. The first kappa shape index (κ1) is 28.8. The van der Waals surface area contributed by atoms with E-state index >= 15 is 0 Å². The fourth-order valence-corrected chi connectivity index (χ4v) is 3.71. The van der Waals surface area contributed by atoms with E-state index in [1.165, 1.54) is 18.2 Å². The molecule has 204 valence electrons. The van der Waals surface area contributed by atoms with Gasteiger partial charge in [0.05, 0.1) is 33.5 Å². The lowest BCUT2D eigenvalue weighted by Crippen LogP contribution is -2.15. The second-order valence-electron chi connectivity index (χ2n) is 8.78. The summed E-state index contributed by atoms with van der Waals surface area (Å²) in [6, 6.07) is 10.8. The number of anilines is 2. The molecule has 2 aromatic carbocycles. The van der Waals surface area contributed by atoms with E-state index in [1.807, 2.05) is 25.3 Å². The summed E-state index contributed by atoms with van der Waals surface area (Å²) >= 11 is 0. The van der Waals surface area contributed by atoms with Crippen LogP contribution in [0.5, 0.6) is 0 Å². The van der Waals surface area contributed by atoms with Crippen molar-refractivity contribution in [3.63, 3.8) is 0 Å². The van der Waals surface area contributed by atoms with Gasteiger partial charge in [0.15, 0.2) is 0 Å². The van der Waals surface area contributed by atoms with E-state index < -0.39 is 23.5 Å². The van der Waals surface area contributed by atoms with Crippen LogP contribution in [0.2, 0.25) is 0 Å². The zero-order chi connectivity index (χ0) is 28.1. The molecule has 2 heterocycles. The van der Waals surface area contributed by atoms with Crippen LogP contribution in [-0.2, 0) is 18.9 Å². The van der Waals surface area contributed by atoms with Gasteiger partial charge in [0.1, 0.15) is 5.82 Å². The van der Waals surface area contributed by atoms with Gasteiger partial charge in [-0.3, -0.25) is 4.98 Å². The molecular weight excluding hydrogens is 508 g/mol.